The highest BCUT2D eigenvalue weighted by atomic mass is 35.5. The van der Waals surface area contributed by atoms with Crippen molar-refractivity contribution in [3.05, 3.63) is 37.7 Å². The Kier molecular flexibility index (Phi) is 3.50. The topological polar surface area (TPSA) is 105 Å². The van der Waals surface area contributed by atoms with Crippen LogP contribution in [0.4, 0.5) is 5.00 Å². The lowest BCUT2D eigenvalue weighted by molar-refractivity contribution is -0.380. The summed E-state index contributed by atoms with van der Waals surface area (Å²) in [6.07, 6.45) is 1.19. The fraction of sp³-hybridized carbons (Fsp3) is 0.125. The summed E-state index contributed by atoms with van der Waals surface area (Å²) in [6, 6.07) is 1.72. The molecule has 0 saturated heterocycles. The highest BCUT2D eigenvalue weighted by Gasteiger charge is 2.41. The van der Waals surface area contributed by atoms with Gasteiger partial charge in [0.25, 0.3) is 4.99 Å². The molecule has 102 valence electrons. The van der Waals surface area contributed by atoms with Gasteiger partial charge in [0.1, 0.15) is 6.20 Å². The Labute approximate surface area is 128 Å². The summed E-state index contributed by atoms with van der Waals surface area (Å²) < 4.78 is 0.445. The lowest BCUT2D eigenvalue weighted by Gasteiger charge is -2.15. The predicted octanol–water partition coefficient (Wildman–Crippen LogP) is 4.50. The van der Waals surface area contributed by atoms with E-state index < -0.39 is 9.92 Å². The Morgan fingerprint density at radius 1 is 1.40 bits per heavy atom. The van der Waals surface area contributed by atoms with Crippen LogP contribution >= 0.6 is 46.0 Å². The molecular formula is C8H3ClN6O2S3. The number of nitro groups is 1. The van der Waals surface area contributed by atoms with Crippen LogP contribution in [-0.4, -0.2) is 9.91 Å². The Balaban J connectivity index is 1.96. The standard InChI is InChI=1S/C8H3ClN6O2S3/c9-4-1-2-18-6(4)8(11-13-14-12-8)20-7-10-3-5(19-7)15(16)17/h1-3H. The summed E-state index contributed by atoms with van der Waals surface area (Å²) in [5, 5.41) is 28.0. The molecule has 2 aromatic rings. The zero-order valence-electron chi connectivity index (χ0n) is 9.33. The van der Waals surface area contributed by atoms with Gasteiger partial charge in [0.2, 0.25) is 0 Å². The first-order valence-electron chi connectivity index (χ1n) is 4.97. The monoisotopic (exact) mass is 346 g/mol. The van der Waals surface area contributed by atoms with Crippen molar-refractivity contribution in [2.24, 2.45) is 20.7 Å². The number of thiazole rings is 1. The molecule has 8 nitrogen and oxygen atoms in total. The Morgan fingerprint density at radius 2 is 2.15 bits per heavy atom. The van der Waals surface area contributed by atoms with E-state index in [-0.39, 0.29) is 5.00 Å². The van der Waals surface area contributed by atoms with E-state index in [1.54, 1.807) is 11.4 Å². The van der Waals surface area contributed by atoms with E-state index in [9.17, 15) is 10.1 Å². The van der Waals surface area contributed by atoms with Gasteiger partial charge in [-0.05, 0) is 45.0 Å². The van der Waals surface area contributed by atoms with Crippen LogP contribution in [0.5, 0.6) is 0 Å². The van der Waals surface area contributed by atoms with Crippen LogP contribution in [0.1, 0.15) is 4.88 Å². The Hall–Kier alpha value is -1.43. The molecule has 1 aliphatic rings. The molecule has 12 heteroatoms. The van der Waals surface area contributed by atoms with Gasteiger partial charge in [-0.25, -0.2) is 4.98 Å². The average molecular weight is 347 g/mol. The number of halogens is 1. The van der Waals surface area contributed by atoms with Gasteiger partial charge in [-0.3, -0.25) is 10.1 Å². The zero-order chi connectivity index (χ0) is 14.2. The number of hydrogen-bond donors (Lipinski definition) is 0. The van der Waals surface area contributed by atoms with Crippen LogP contribution in [0.25, 0.3) is 0 Å². The Morgan fingerprint density at radius 3 is 2.70 bits per heavy atom. The highest BCUT2D eigenvalue weighted by Crippen LogP contribution is 2.51. The molecule has 0 unspecified atom stereocenters. The van der Waals surface area contributed by atoms with Crippen molar-refractivity contribution >= 4 is 51.0 Å². The maximum Gasteiger partial charge on any atom is 0.344 e. The van der Waals surface area contributed by atoms with Crippen LogP contribution in [0.3, 0.4) is 0 Å². The minimum Gasteiger partial charge on any atom is -0.257 e. The number of aromatic nitrogens is 1. The Bertz CT molecular complexity index is 713. The van der Waals surface area contributed by atoms with Gasteiger partial charge < -0.3 is 0 Å². The highest BCUT2D eigenvalue weighted by molar-refractivity contribution is 8.02. The first kappa shape index (κ1) is 13.5. The van der Waals surface area contributed by atoms with Crippen molar-refractivity contribution in [1.82, 2.24) is 4.98 Å². The summed E-state index contributed by atoms with van der Waals surface area (Å²) in [4.78, 5) is 13.7. The third-order valence-corrected chi connectivity index (χ3v) is 5.94. The average Bonchev–Trinajstić information content (AvgIpc) is 3.10. The van der Waals surface area contributed by atoms with Gasteiger partial charge in [-0.15, -0.1) is 21.6 Å². The number of thiophene rings is 1. The van der Waals surface area contributed by atoms with Crippen molar-refractivity contribution in [3.63, 3.8) is 0 Å². The molecule has 0 radical (unpaired) electrons. The molecule has 3 heterocycles. The van der Waals surface area contributed by atoms with E-state index in [4.69, 9.17) is 11.6 Å². The van der Waals surface area contributed by atoms with Crippen LogP contribution in [0.15, 0.2) is 42.7 Å². The van der Waals surface area contributed by atoms with E-state index in [0.717, 1.165) is 23.1 Å². The maximum absolute atomic E-state index is 10.7. The molecule has 0 atom stereocenters. The minimum absolute atomic E-state index is 0.0493. The molecule has 0 N–H and O–H groups in total. The first-order valence-corrected chi connectivity index (χ1v) is 7.86. The summed E-state index contributed by atoms with van der Waals surface area (Å²) in [6.45, 7) is 0. The van der Waals surface area contributed by atoms with E-state index in [1.807, 2.05) is 0 Å². The lowest BCUT2D eigenvalue weighted by atomic mass is 10.4. The first-order chi connectivity index (χ1) is 9.61. The fourth-order valence-corrected chi connectivity index (χ4v) is 4.82. The third-order valence-electron chi connectivity index (χ3n) is 2.20. The fourth-order valence-electron chi connectivity index (χ4n) is 1.39. The summed E-state index contributed by atoms with van der Waals surface area (Å²) >= 11 is 9.52. The van der Waals surface area contributed by atoms with Crippen LogP contribution < -0.4 is 0 Å². The molecule has 0 spiro atoms. The van der Waals surface area contributed by atoms with Gasteiger partial charge in [0, 0.05) is 0 Å². The van der Waals surface area contributed by atoms with Gasteiger partial charge in [-0.1, -0.05) is 11.6 Å². The molecule has 0 saturated carbocycles. The molecular weight excluding hydrogens is 344 g/mol. The van der Waals surface area contributed by atoms with Crippen molar-refractivity contribution in [2.75, 3.05) is 0 Å². The van der Waals surface area contributed by atoms with Crippen molar-refractivity contribution in [2.45, 2.75) is 9.33 Å². The van der Waals surface area contributed by atoms with Gasteiger partial charge >= 0.3 is 5.00 Å². The van der Waals surface area contributed by atoms with E-state index in [2.05, 4.69) is 25.7 Å². The van der Waals surface area contributed by atoms with Crippen molar-refractivity contribution < 1.29 is 4.92 Å². The molecule has 0 aliphatic carbocycles. The second kappa shape index (κ2) is 5.16. The van der Waals surface area contributed by atoms with Gasteiger partial charge in [0.15, 0.2) is 4.34 Å². The van der Waals surface area contributed by atoms with E-state index in [1.165, 1.54) is 17.5 Å². The predicted molar refractivity (Wildman–Crippen MR) is 75.3 cm³/mol. The second-order valence-electron chi connectivity index (χ2n) is 3.41. The maximum atomic E-state index is 10.7. The quantitative estimate of drug-likeness (QED) is 0.600. The van der Waals surface area contributed by atoms with Gasteiger partial charge in [-0.2, -0.15) is 0 Å². The summed E-state index contributed by atoms with van der Waals surface area (Å²) in [5.74, 6) is 0. The number of hydrogen-bond acceptors (Lipinski definition) is 10. The van der Waals surface area contributed by atoms with Crippen molar-refractivity contribution in [3.8, 4) is 0 Å². The zero-order valence-corrected chi connectivity index (χ0v) is 12.5. The van der Waals surface area contributed by atoms with Crippen LogP contribution in [-0.2, 0) is 4.99 Å². The van der Waals surface area contributed by atoms with Gasteiger partial charge in [0.05, 0.1) is 14.8 Å². The van der Waals surface area contributed by atoms with E-state index in [0.29, 0.717) is 14.2 Å². The smallest absolute Gasteiger partial charge is 0.257 e. The molecule has 1 aliphatic heterocycles. The van der Waals surface area contributed by atoms with Crippen LogP contribution in [0, 0.1) is 10.1 Å². The second-order valence-corrected chi connectivity index (χ2v) is 7.16. The normalized spacial score (nSPS) is 15.8. The molecule has 0 aromatic carbocycles. The van der Waals surface area contributed by atoms with E-state index >= 15 is 0 Å². The molecule has 3 rings (SSSR count). The van der Waals surface area contributed by atoms with Crippen LogP contribution in [0.2, 0.25) is 5.02 Å². The molecule has 0 fully saturated rings. The largest absolute Gasteiger partial charge is 0.344 e. The summed E-state index contributed by atoms with van der Waals surface area (Å²) in [5.41, 5.74) is 0. The minimum atomic E-state index is -1.14. The number of nitrogens with zero attached hydrogens (tertiary/aromatic N) is 6. The number of rotatable bonds is 4. The molecule has 20 heavy (non-hydrogen) atoms. The molecule has 0 bridgehead atoms. The lowest BCUT2D eigenvalue weighted by Crippen LogP contribution is -2.11. The molecule has 0 amide bonds. The molecule has 2 aromatic heterocycles. The summed E-state index contributed by atoms with van der Waals surface area (Å²) in [7, 11) is 0. The number of thioether (sulfide) groups is 1. The third kappa shape index (κ3) is 2.32. The van der Waals surface area contributed by atoms with Crippen molar-refractivity contribution in [1.29, 1.82) is 0 Å². The SMILES string of the molecule is O=[N+]([O-])c1cnc(SC2(c3sccc3Cl)N=NN=N2)s1.